The highest BCUT2D eigenvalue weighted by Gasteiger charge is 1.97. The van der Waals surface area contributed by atoms with Gasteiger partial charge in [-0.15, -0.1) is 24.8 Å². The summed E-state index contributed by atoms with van der Waals surface area (Å²) < 4.78 is 1.51. The largest absolute Gasteiger partial charge is 0.368 e. The van der Waals surface area contributed by atoms with Crippen molar-refractivity contribution in [3.8, 4) is 0 Å². The summed E-state index contributed by atoms with van der Waals surface area (Å²) in [4.78, 5) is 4.25. The first-order valence-corrected chi connectivity index (χ1v) is 4.93. The first-order valence-electron chi connectivity index (χ1n) is 4.93. The number of hydrogen-bond donors (Lipinski definition) is 2. The van der Waals surface area contributed by atoms with Gasteiger partial charge in [0.1, 0.15) is 0 Å². The highest BCUT2D eigenvalue weighted by molar-refractivity contribution is 5.85. The minimum atomic E-state index is 0. The van der Waals surface area contributed by atoms with Crippen LogP contribution in [0.15, 0.2) is 47.7 Å². The molecule has 0 amide bonds. The third-order valence-electron chi connectivity index (χ3n) is 2.13. The predicted molar refractivity (Wildman–Crippen MR) is 77.7 cm³/mol. The van der Waals surface area contributed by atoms with Gasteiger partial charge in [0, 0.05) is 18.9 Å². The van der Waals surface area contributed by atoms with Crippen LogP contribution in [-0.2, 0) is 6.54 Å². The molecule has 1 aromatic heterocycles. The maximum atomic E-state index is 5.78. The Morgan fingerprint density at radius 2 is 2.06 bits per heavy atom. The maximum Gasteiger partial charge on any atom is 0.221 e. The first kappa shape index (κ1) is 16.4. The van der Waals surface area contributed by atoms with E-state index in [1.165, 1.54) is 4.68 Å². The van der Waals surface area contributed by atoms with Gasteiger partial charge >= 0.3 is 0 Å². The zero-order valence-corrected chi connectivity index (χ0v) is 11.2. The van der Waals surface area contributed by atoms with Crippen molar-refractivity contribution in [1.29, 1.82) is 0 Å². The van der Waals surface area contributed by atoms with E-state index in [2.05, 4.69) is 10.1 Å². The summed E-state index contributed by atoms with van der Waals surface area (Å²) >= 11 is 0. The van der Waals surface area contributed by atoms with Gasteiger partial charge in [0.05, 0.1) is 5.69 Å². The summed E-state index contributed by atoms with van der Waals surface area (Å²) in [6, 6.07) is 9.41. The molecule has 0 fully saturated rings. The number of rotatable bonds is 2. The van der Waals surface area contributed by atoms with E-state index in [-0.39, 0.29) is 24.8 Å². The fourth-order valence-corrected chi connectivity index (χ4v) is 1.34. The third kappa shape index (κ3) is 4.03. The van der Waals surface area contributed by atoms with E-state index >= 15 is 0 Å². The topological polar surface area (TPSA) is 82.2 Å². The minimum absolute atomic E-state index is 0. The summed E-state index contributed by atoms with van der Waals surface area (Å²) in [7, 11) is 0. The van der Waals surface area contributed by atoms with Crippen molar-refractivity contribution in [3.63, 3.8) is 0 Å². The highest BCUT2D eigenvalue weighted by Crippen LogP contribution is 2.13. The lowest BCUT2D eigenvalue weighted by Crippen LogP contribution is -2.22. The fourth-order valence-electron chi connectivity index (χ4n) is 1.34. The van der Waals surface area contributed by atoms with Crippen molar-refractivity contribution in [2.45, 2.75) is 6.54 Å². The summed E-state index contributed by atoms with van der Waals surface area (Å²) in [5.74, 6) is 0.333. The molecular weight excluding hydrogens is 273 g/mol. The molecule has 0 spiro atoms. The molecule has 0 atom stereocenters. The molecule has 0 saturated carbocycles. The van der Waals surface area contributed by atoms with Crippen molar-refractivity contribution < 1.29 is 0 Å². The van der Waals surface area contributed by atoms with Crippen LogP contribution in [0.1, 0.15) is 5.56 Å². The molecule has 0 unspecified atom stereocenters. The molecule has 1 heterocycles. The molecule has 18 heavy (non-hydrogen) atoms. The van der Waals surface area contributed by atoms with Crippen molar-refractivity contribution in [2.75, 3.05) is 0 Å². The van der Waals surface area contributed by atoms with Crippen LogP contribution in [-0.4, -0.2) is 15.7 Å². The molecule has 2 aromatic rings. The summed E-state index contributed by atoms with van der Waals surface area (Å²) in [6.45, 7) is 0.491. The van der Waals surface area contributed by atoms with E-state index in [9.17, 15) is 0 Å². The Bertz CT molecular complexity index is 496. The Morgan fingerprint density at radius 1 is 1.28 bits per heavy atom. The van der Waals surface area contributed by atoms with Crippen LogP contribution in [0.4, 0.5) is 5.69 Å². The van der Waals surface area contributed by atoms with Crippen molar-refractivity contribution in [3.05, 3.63) is 48.3 Å². The molecule has 0 radical (unpaired) electrons. The normalized spacial score (nSPS) is 10.4. The Morgan fingerprint density at radius 3 is 2.67 bits per heavy atom. The number of aliphatic imine (C=N–C) groups is 1. The highest BCUT2D eigenvalue weighted by atomic mass is 35.5. The van der Waals surface area contributed by atoms with Crippen LogP contribution in [0.2, 0.25) is 0 Å². The van der Waals surface area contributed by atoms with Gasteiger partial charge in [-0.1, -0.05) is 12.1 Å². The SMILES string of the molecule is Cl.Cl.NCc1cccc(N=C(N)n2cccn2)c1. The number of nitrogens with two attached hydrogens (primary N) is 2. The van der Waals surface area contributed by atoms with Crippen LogP contribution in [0.25, 0.3) is 0 Å². The molecule has 0 aliphatic rings. The lowest BCUT2D eigenvalue weighted by molar-refractivity contribution is 0.920. The first-order chi connectivity index (χ1) is 7.79. The van der Waals surface area contributed by atoms with Gasteiger partial charge in [-0.3, -0.25) is 0 Å². The quantitative estimate of drug-likeness (QED) is 0.651. The summed E-state index contributed by atoms with van der Waals surface area (Å²) in [6.07, 6.45) is 3.39. The van der Waals surface area contributed by atoms with Gasteiger partial charge in [0.25, 0.3) is 0 Å². The lowest BCUT2D eigenvalue weighted by atomic mass is 10.2. The zero-order valence-electron chi connectivity index (χ0n) is 9.56. The van der Waals surface area contributed by atoms with Gasteiger partial charge in [0.15, 0.2) is 0 Å². The Kier molecular flexibility index (Phi) is 7.04. The minimum Gasteiger partial charge on any atom is -0.368 e. The molecular formula is C11H15Cl2N5. The van der Waals surface area contributed by atoms with E-state index in [0.29, 0.717) is 12.5 Å². The molecule has 2 rings (SSSR count). The van der Waals surface area contributed by atoms with Crippen LogP contribution >= 0.6 is 24.8 Å². The van der Waals surface area contributed by atoms with E-state index in [0.717, 1.165) is 11.3 Å². The van der Waals surface area contributed by atoms with E-state index in [4.69, 9.17) is 11.5 Å². The van der Waals surface area contributed by atoms with E-state index in [1.54, 1.807) is 18.5 Å². The molecule has 4 N–H and O–H groups in total. The predicted octanol–water partition coefficient (Wildman–Crippen LogP) is 1.68. The van der Waals surface area contributed by atoms with Gasteiger partial charge in [-0.05, 0) is 23.8 Å². The third-order valence-corrected chi connectivity index (χ3v) is 2.13. The van der Waals surface area contributed by atoms with Crippen LogP contribution in [0.5, 0.6) is 0 Å². The number of nitrogens with zero attached hydrogens (tertiary/aromatic N) is 3. The fraction of sp³-hybridized carbons (Fsp3) is 0.0909. The monoisotopic (exact) mass is 287 g/mol. The Hall–Kier alpha value is -1.56. The average Bonchev–Trinajstić information content (AvgIpc) is 2.83. The van der Waals surface area contributed by atoms with Gasteiger partial charge in [0.2, 0.25) is 5.96 Å². The number of benzene rings is 1. The van der Waals surface area contributed by atoms with Crippen LogP contribution in [0.3, 0.4) is 0 Å². The summed E-state index contributed by atoms with van der Waals surface area (Å²) in [5, 5.41) is 3.99. The smallest absolute Gasteiger partial charge is 0.221 e. The van der Waals surface area contributed by atoms with Crippen molar-refractivity contribution in [2.24, 2.45) is 16.5 Å². The molecule has 0 saturated heterocycles. The van der Waals surface area contributed by atoms with Crippen molar-refractivity contribution >= 4 is 36.5 Å². The van der Waals surface area contributed by atoms with E-state index < -0.39 is 0 Å². The van der Waals surface area contributed by atoms with Gasteiger partial charge in [-0.2, -0.15) is 5.10 Å². The molecule has 0 aliphatic heterocycles. The zero-order chi connectivity index (χ0) is 11.4. The molecule has 0 bridgehead atoms. The Labute approximate surface area is 118 Å². The van der Waals surface area contributed by atoms with Crippen molar-refractivity contribution in [1.82, 2.24) is 9.78 Å². The second-order valence-corrected chi connectivity index (χ2v) is 3.29. The Balaban J connectivity index is 0.00000144. The van der Waals surface area contributed by atoms with Gasteiger partial charge in [-0.25, -0.2) is 9.67 Å². The van der Waals surface area contributed by atoms with Crippen LogP contribution in [0, 0.1) is 0 Å². The number of aromatic nitrogens is 2. The molecule has 98 valence electrons. The van der Waals surface area contributed by atoms with Gasteiger partial charge < -0.3 is 11.5 Å². The van der Waals surface area contributed by atoms with Crippen LogP contribution < -0.4 is 11.5 Å². The maximum absolute atomic E-state index is 5.78. The second-order valence-electron chi connectivity index (χ2n) is 3.29. The molecule has 5 nitrogen and oxygen atoms in total. The van der Waals surface area contributed by atoms with E-state index in [1.807, 2.05) is 24.3 Å². The standard InChI is InChI=1S/C11H13N5.2ClH/c12-8-9-3-1-4-10(7-9)15-11(13)16-6-2-5-14-16;;/h1-7H,8,12H2,(H2,13,15);2*1H. The molecule has 7 heteroatoms. The number of halogens is 2. The molecule has 1 aromatic carbocycles. The average molecular weight is 288 g/mol. The lowest BCUT2D eigenvalue weighted by Gasteiger charge is -2.01. The summed E-state index contributed by atoms with van der Waals surface area (Å²) in [5.41, 5.74) is 13.1. The number of hydrogen-bond acceptors (Lipinski definition) is 3. The second kappa shape index (κ2) is 7.71. The molecule has 0 aliphatic carbocycles.